The number of amides is 1. The maximum atomic E-state index is 12.8. The maximum Gasteiger partial charge on any atom is 0.340 e. The van der Waals surface area contributed by atoms with E-state index in [0.717, 1.165) is 19.3 Å². The van der Waals surface area contributed by atoms with Gasteiger partial charge in [-0.05, 0) is 25.8 Å². The highest BCUT2D eigenvalue weighted by Gasteiger charge is 2.42. The van der Waals surface area contributed by atoms with Crippen LogP contribution in [0.5, 0.6) is 5.88 Å². The van der Waals surface area contributed by atoms with E-state index < -0.39 is 24.5 Å². The monoisotopic (exact) mass is 435 g/mol. The molecule has 1 aromatic heterocycles. The highest BCUT2D eigenvalue weighted by Crippen LogP contribution is 2.32. The third kappa shape index (κ3) is 6.97. The van der Waals surface area contributed by atoms with E-state index in [0.29, 0.717) is 12.1 Å². The molecule has 1 aliphatic rings. The first kappa shape index (κ1) is 25.7. The SMILES string of the molecule is CC1(N)CCCCC1C(=O)Nc1ccc(OCC(F)(F)C(F)F)nc1.Cl.Cl. The molecular formula is C16H23Cl2F4N3O2. The van der Waals surface area contributed by atoms with Gasteiger partial charge in [0.1, 0.15) is 0 Å². The molecule has 0 spiro atoms. The molecule has 2 unspecified atom stereocenters. The van der Waals surface area contributed by atoms with Crippen molar-refractivity contribution in [3.05, 3.63) is 18.3 Å². The zero-order chi connectivity index (χ0) is 18.7. The highest BCUT2D eigenvalue weighted by molar-refractivity contribution is 5.93. The predicted molar refractivity (Wildman–Crippen MR) is 98.4 cm³/mol. The predicted octanol–water partition coefficient (Wildman–Crippen LogP) is 4.05. The molecule has 5 nitrogen and oxygen atoms in total. The Kier molecular flexibility index (Phi) is 9.78. The van der Waals surface area contributed by atoms with Crippen molar-refractivity contribution in [3.8, 4) is 5.88 Å². The number of carbonyl (C=O) groups excluding carboxylic acids is 1. The van der Waals surface area contributed by atoms with Crippen LogP contribution in [-0.4, -0.2) is 35.4 Å². The Labute approximate surface area is 167 Å². The van der Waals surface area contributed by atoms with Gasteiger partial charge in [-0.25, -0.2) is 13.8 Å². The van der Waals surface area contributed by atoms with E-state index in [1.807, 2.05) is 6.92 Å². The van der Waals surface area contributed by atoms with Gasteiger partial charge in [0, 0.05) is 11.6 Å². The molecule has 1 fully saturated rings. The Morgan fingerprint density at radius 3 is 2.59 bits per heavy atom. The van der Waals surface area contributed by atoms with Gasteiger partial charge in [-0.3, -0.25) is 4.79 Å². The van der Waals surface area contributed by atoms with Crippen LogP contribution in [-0.2, 0) is 4.79 Å². The standard InChI is InChI=1S/C16H21F4N3O2.2ClH/c1-15(21)7-3-2-4-11(15)13(24)23-10-5-6-12(22-8-10)25-9-16(19,20)14(17)18;;/h5-6,8,11,14H,2-4,7,9,21H2,1H3,(H,23,24);2*1H. The first-order valence-electron chi connectivity index (χ1n) is 7.96. The molecule has 0 aromatic carbocycles. The van der Waals surface area contributed by atoms with E-state index in [2.05, 4.69) is 15.0 Å². The van der Waals surface area contributed by atoms with E-state index in [4.69, 9.17) is 5.73 Å². The summed E-state index contributed by atoms with van der Waals surface area (Å²) in [7, 11) is 0. The molecule has 1 saturated carbocycles. The molecule has 0 aliphatic heterocycles. The molecule has 0 saturated heterocycles. The second-order valence-corrected chi connectivity index (χ2v) is 6.53. The number of aromatic nitrogens is 1. The molecule has 2 atom stereocenters. The normalized spacial score (nSPS) is 22.4. The lowest BCUT2D eigenvalue weighted by Gasteiger charge is -2.37. The van der Waals surface area contributed by atoms with Crippen LogP contribution in [0.25, 0.3) is 0 Å². The number of nitrogens with zero attached hydrogens (tertiary/aromatic N) is 1. The fourth-order valence-corrected chi connectivity index (χ4v) is 2.79. The number of halogens is 6. The van der Waals surface area contributed by atoms with Gasteiger partial charge in [0.15, 0.2) is 6.61 Å². The smallest absolute Gasteiger partial charge is 0.340 e. The molecule has 1 aliphatic carbocycles. The van der Waals surface area contributed by atoms with Gasteiger partial charge < -0.3 is 15.8 Å². The summed E-state index contributed by atoms with van der Waals surface area (Å²) in [5.74, 6) is -5.05. The summed E-state index contributed by atoms with van der Waals surface area (Å²) in [5.41, 5.74) is 5.94. The number of nitrogens with two attached hydrogens (primary N) is 1. The summed E-state index contributed by atoms with van der Waals surface area (Å²) in [6.45, 7) is 0.367. The van der Waals surface area contributed by atoms with Crippen molar-refractivity contribution in [2.75, 3.05) is 11.9 Å². The number of hydrogen-bond donors (Lipinski definition) is 2. The van der Waals surface area contributed by atoms with Crippen molar-refractivity contribution in [3.63, 3.8) is 0 Å². The van der Waals surface area contributed by atoms with E-state index in [9.17, 15) is 22.4 Å². The fraction of sp³-hybridized carbons (Fsp3) is 0.625. The highest BCUT2D eigenvalue weighted by atomic mass is 35.5. The zero-order valence-corrected chi connectivity index (χ0v) is 16.2. The molecule has 1 heterocycles. The summed E-state index contributed by atoms with van der Waals surface area (Å²) in [4.78, 5) is 16.1. The van der Waals surface area contributed by atoms with Crippen molar-refractivity contribution in [1.29, 1.82) is 0 Å². The number of rotatable bonds is 6. The lowest BCUT2D eigenvalue weighted by Crippen LogP contribution is -2.51. The van der Waals surface area contributed by atoms with Crippen LogP contribution >= 0.6 is 24.8 Å². The van der Waals surface area contributed by atoms with Crippen molar-refractivity contribution in [1.82, 2.24) is 4.98 Å². The fourth-order valence-electron chi connectivity index (χ4n) is 2.79. The van der Waals surface area contributed by atoms with Crippen molar-refractivity contribution < 1.29 is 27.1 Å². The summed E-state index contributed by atoms with van der Waals surface area (Å²) >= 11 is 0. The number of carbonyl (C=O) groups is 1. The number of ether oxygens (including phenoxy) is 1. The van der Waals surface area contributed by atoms with Crippen LogP contribution in [0.3, 0.4) is 0 Å². The van der Waals surface area contributed by atoms with Gasteiger partial charge in [-0.1, -0.05) is 12.8 Å². The lowest BCUT2D eigenvalue weighted by molar-refractivity contribution is -0.148. The number of alkyl halides is 4. The van der Waals surface area contributed by atoms with Gasteiger partial charge in [0.2, 0.25) is 11.8 Å². The van der Waals surface area contributed by atoms with E-state index in [-0.39, 0.29) is 42.5 Å². The van der Waals surface area contributed by atoms with Gasteiger partial charge in [-0.2, -0.15) is 8.78 Å². The first-order valence-corrected chi connectivity index (χ1v) is 7.96. The molecule has 1 aromatic rings. The van der Waals surface area contributed by atoms with Crippen LogP contribution in [0, 0.1) is 5.92 Å². The Hall–Kier alpha value is -1.32. The lowest BCUT2D eigenvalue weighted by atomic mass is 9.74. The van der Waals surface area contributed by atoms with E-state index in [1.54, 1.807) is 0 Å². The molecule has 11 heteroatoms. The van der Waals surface area contributed by atoms with E-state index in [1.165, 1.54) is 18.3 Å². The molecule has 156 valence electrons. The minimum atomic E-state index is -4.25. The Morgan fingerprint density at radius 2 is 2.07 bits per heavy atom. The largest absolute Gasteiger partial charge is 0.471 e. The molecule has 27 heavy (non-hydrogen) atoms. The second kappa shape index (κ2) is 10.3. The topological polar surface area (TPSA) is 77.2 Å². The number of pyridine rings is 1. The van der Waals surface area contributed by atoms with Crippen LogP contribution in [0.2, 0.25) is 0 Å². The second-order valence-electron chi connectivity index (χ2n) is 6.53. The summed E-state index contributed by atoms with van der Waals surface area (Å²) in [6, 6.07) is 2.62. The van der Waals surface area contributed by atoms with Gasteiger partial charge >= 0.3 is 12.3 Å². The third-order valence-electron chi connectivity index (χ3n) is 4.31. The molecule has 0 radical (unpaired) electrons. The minimum Gasteiger partial charge on any atom is -0.471 e. The molecule has 1 amide bonds. The number of anilines is 1. The first-order chi connectivity index (χ1) is 11.6. The molecule has 2 rings (SSSR count). The van der Waals surface area contributed by atoms with Gasteiger partial charge in [0.25, 0.3) is 0 Å². The number of hydrogen-bond acceptors (Lipinski definition) is 4. The zero-order valence-electron chi connectivity index (χ0n) is 14.6. The molecular weight excluding hydrogens is 413 g/mol. The maximum absolute atomic E-state index is 12.8. The summed E-state index contributed by atoms with van der Waals surface area (Å²) < 4.78 is 54.3. The van der Waals surface area contributed by atoms with E-state index >= 15 is 0 Å². The van der Waals surface area contributed by atoms with Crippen molar-refractivity contribution in [2.45, 2.75) is 50.5 Å². The Bertz CT molecular complexity index is 604. The molecule has 3 N–H and O–H groups in total. The van der Waals surface area contributed by atoms with Gasteiger partial charge in [-0.15, -0.1) is 24.8 Å². The van der Waals surface area contributed by atoms with Crippen LogP contribution < -0.4 is 15.8 Å². The van der Waals surface area contributed by atoms with Gasteiger partial charge in [0.05, 0.1) is 17.8 Å². The Morgan fingerprint density at radius 1 is 1.41 bits per heavy atom. The van der Waals surface area contributed by atoms with Crippen LogP contribution in [0.1, 0.15) is 32.6 Å². The molecule has 0 bridgehead atoms. The van der Waals surface area contributed by atoms with Crippen LogP contribution in [0.4, 0.5) is 23.2 Å². The van der Waals surface area contributed by atoms with Crippen LogP contribution in [0.15, 0.2) is 18.3 Å². The quantitative estimate of drug-likeness (QED) is 0.660. The van der Waals surface area contributed by atoms with Crippen molar-refractivity contribution in [2.24, 2.45) is 11.7 Å². The third-order valence-corrected chi connectivity index (χ3v) is 4.31. The average Bonchev–Trinajstić information content (AvgIpc) is 2.53. The Balaban J connectivity index is 0.00000338. The minimum absolute atomic E-state index is 0. The summed E-state index contributed by atoms with van der Waals surface area (Å²) in [6.07, 6.45) is 0.754. The average molecular weight is 436 g/mol. The number of nitrogens with one attached hydrogen (secondary N) is 1. The van der Waals surface area contributed by atoms with Crippen molar-refractivity contribution >= 4 is 36.4 Å². The summed E-state index contributed by atoms with van der Waals surface area (Å²) in [5, 5.41) is 2.68.